The molecule has 28 heavy (non-hydrogen) atoms. The van der Waals surface area contributed by atoms with Crippen LogP contribution in [-0.2, 0) is 19.5 Å². The molecule has 0 spiro atoms. The molecule has 4 rings (SSSR count). The average molecular weight is 400 g/mol. The van der Waals surface area contributed by atoms with Crippen molar-refractivity contribution in [2.24, 2.45) is 0 Å². The monoisotopic (exact) mass is 399 g/mol. The molecule has 3 aromatic rings. The molecule has 1 aliphatic rings. The molecule has 2 heterocycles. The Kier molecular flexibility index (Phi) is 4.91. The number of fused-ring (bicyclic) bond motifs is 1. The Morgan fingerprint density at radius 3 is 2.75 bits per heavy atom. The molecule has 1 aromatic heterocycles. The van der Waals surface area contributed by atoms with Gasteiger partial charge in [0, 0.05) is 30.8 Å². The number of halogens is 2. The van der Waals surface area contributed by atoms with Gasteiger partial charge in [-0.2, -0.15) is 0 Å². The fraction of sp³-hybridized carbons (Fsp3) is 0.238. The van der Waals surface area contributed by atoms with Crippen molar-refractivity contribution in [1.82, 2.24) is 14.9 Å². The Bertz CT molecular complexity index is 1070. The summed E-state index contributed by atoms with van der Waals surface area (Å²) in [5.74, 6) is -0.731. The predicted octanol–water partition coefficient (Wildman–Crippen LogP) is 3.80. The number of hydrogen-bond donors (Lipinski definition) is 2. The zero-order valence-corrected chi connectivity index (χ0v) is 16.1. The van der Waals surface area contributed by atoms with E-state index < -0.39 is 11.6 Å². The number of rotatable bonds is 3. The van der Waals surface area contributed by atoms with Crippen molar-refractivity contribution in [3.8, 4) is 17.1 Å². The number of H-pyrrole nitrogens is 1. The third-order valence-electron chi connectivity index (χ3n) is 4.96. The van der Waals surface area contributed by atoms with Gasteiger partial charge >= 0.3 is 0 Å². The third kappa shape index (κ3) is 3.66. The highest BCUT2D eigenvalue weighted by Crippen LogP contribution is 2.29. The number of phenols is 1. The minimum absolute atomic E-state index is 0.0105. The van der Waals surface area contributed by atoms with Crippen LogP contribution >= 0.6 is 11.6 Å². The standard InChI is InChI=1S/C21H19ClFN3O2/c1-12-2-4-14(5-3-12)20-24-18-11-26(7-6-15(18)21(28)25-20)10-13-8-16(22)19(27)17(23)9-13/h2-5,8-9,27H,6-7,10-11H2,1H3,(H,24,25,28). The van der Waals surface area contributed by atoms with E-state index in [-0.39, 0.29) is 10.6 Å². The van der Waals surface area contributed by atoms with Crippen molar-refractivity contribution in [2.75, 3.05) is 6.54 Å². The lowest BCUT2D eigenvalue weighted by atomic mass is 10.0. The maximum absolute atomic E-state index is 13.7. The van der Waals surface area contributed by atoms with Gasteiger partial charge in [0.2, 0.25) is 0 Å². The van der Waals surface area contributed by atoms with Crippen molar-refractivity contribution in [1.29, 1.82) is 0 Å². The number of benzene rings is 2. The fourth-order valence-electron chi connectivity index (χ4n) is 3.44. The minimum Gasteiger partial charge on any atom is -0.504 e. The van der Waals surface area contributed by atoms with E-state index in [9.17, 15) is 14.3 Å². The number of nitrogens with one attached hydrogen (secondary N) is 1. The van der Waals surface area contributed by atoms with Gasteiger partial charge in [-0.25, -0.2) is 9.37 Å². The van der Waals surface area contributed by atoms with Gasteiger partial charge in [0.25, 0.3) is 5.56 Å². The van der Waals surface area contributed by atoms with Gasteiger partial charge in [0.05, 0.1) is 10.7 Å². The summed E-state index contributed by atoms with van der Waals surface area (Å²) in [5.41, 5.74) is 3.97. The van der Waals surface area contributed by atoms with Crippen LogP contribution < -0.4 is 5.56 Å². The predicted molar refractivity (Wildman–Crippen MR) is 106 cm³/mol. The first-order valence-electron chi connectivity index (χ1n) is 8.99. The fourth-order valence-corrected chi connectivity index (χ4v) is 3.67. The molecule has 2 aromatic carbocycles. The topological polar surface area (TPSA) is 69.2 Å². The van der Waals surface area contributed by atoms with E-state index in [0.717, 1.165) is 16.8 Å². The number of aromatic amines is 1. The lowest BCUT2D eigenvalue weighted by Crippen LogP contribution is -2.35. The molecule has 0 saturated heterocycles. The minimum atomic E-state index is -0.740. The summed E-state index contributed by atoms with van der Waals surface area (Å²) in [6.45, 7) is 3.59. The first-order valence-corrected chi connectivity index (χ1v) is 9.37. The highest BCUT2D eigenvalue weighted by molar-refractivity contribution is 6.32. The number of hydrogen-bond acceptors (Lipinski definition) is 4. The summed E-state index contributed by atoms with van der Waals surface area (Å²) in [7, 11) is 0. The van der Waals surface area contributed by atoms with Crippen molar-refractivity contribution >= 4 is 11.6 Å². The van der Waals surface area contributed by atoms with E-state index in [1.165, 1.54) is 6.07 Å². The zero-order chi connectivity index (χ0) is 19.8. The average Bonchev–Trinajstić information content (AvgIpc) is 2.66. The lowest BCUT2D eigenvalue weighted by Gasteiger charge is -2.27. The smallest absolute Gasteiger partial charge is 0.254 e. The Morgan fingerprint density at radius 1 is 1.29 bits per heavy atom. The summed E-state index contributed by atoms with van der Waals surface area (Å²) in [4.78, 5) is 22.1. The van der Waals surface area contributed by atoms with Crippen LogP contribution in [0.15, 0.2) is 41.2 Å². The number of nitrogens with zero attached hydrogens (tertiary/aromatic N) is 2. The van der Waals surface area contributed by atoms with Gasteiger partial charge < -0.3 is 10.1 Å². The first-order chi connectivity index (χ1) is 13.4. The van der Waals surface area contributed by atoms with E-state index in [1.54, 1.807) is 6.07 Å². The highest BCUT2D eigenvalue weighted by atomic mass is 35.5. The molecule has 0 aliphatic carbocycles. The Labute approximate surface area is 166 Å². The van der Waals surface area contributed by atoms with Crippen molar-refractivity contribution in [3.05, 3.63) is 80.0 Å². The quantitative estimate of drug-likeness (QED) is 0.702. The number of aromatic hydroxyl groups is 1. The van der Waals surface area contributed by atoms with Gasteiger partial charge in [-0.1, -0.05) is 41.4 Å². The van der Waals surface area contributed by atoms with Crippen LogP contribution in [0.1, 0.15) is 22.4 Å². The molecule has 0 fully saturated rings. The SMILES string of the molecule is Cc1ccc(-c2nc3c(c(=O)[nH]2)CCN(Cc2cc(F)c(O)c(Cl)c2)C3)cc1. The normalized spacial score (nSPS) is 14.1. The first kappa shape index (κ1) is 18.7. The second-order valence-corrected chi connectivity index (χ2v) is 7.48. The van der Waals surface area contributed by atoms with E-state index in [1.807, 2.05) is 31.2 Å². The second kappa shape index (κ2) is 7.37. The largest absolute Gasteiger partial charge is 0.504 e. The van der Waals surface area contributed by atoms with E-state index >= 15 is 0 Å². The van der Waals surface area contributed by atoms with Gasteiger partial charge in [-0.3, -0.25) is 9.69 Å². The molecule has 0 saturated carbocycles. The van der Waals surface area contributed by atoms with Crippen molar-refractivity contribution in [2.45, 2.75) is 26.4 Å². The highest BCUT2D eigenvalue weighted by Gasteiger charge is 2.22. The summed E-state index contributed by atoms with van der Waals surface area (Å²) >= 11 is 5.87. The van der Waals surface area contributed by atoms with Crippen LogP contribution in [-0.4, -0.2) is 26.5 Å². The Morgan fingerprint density at radius 2 is 2.04 bits per heavy atom. The van der Waals surface area contributed by atoms with Crippen molar-refractivity contribution < 1.29 is 9.50 Å². The van der Waals surface area contributed by atoms with Crippen LogP contribution in [0.4, 0.5) is 4.39 Å². The zero-order valence-electron chi connectivity index (χ0n) is 15.3. The molecular formula is C21H19ClFN3O2. The van der Waals surface area contributed by atoms with Gasteiger partial charge in [-0.05, 0) is 31.0 Å². The van der Waals surface area contributed by atoms with E-state index in [0.29, 0.717) is 43.0 Å². The lowest BCUT2D eigenvalue weighted by molar-refractivity contribution is 0.240. The number of aromatic nitrogens is 2. The molecule has 0 radical (unpaired) electrons. The van der Waals surface area contributed by atoms with Gasteiger partial charge in [0.15, 0.2) is 11.6 Å². The summed E-state index contributed by atoms with van der Waals surface area (Å²) in [6, 6.07) is 10.6. The summed E-state index contributed by atoms with van der Waals surface area (Å²) < 4.78 is 13.7. The third-order valence-corrected chi connectivity index (χ3v) is 5.25. The number of aryl methyl sites for hydroxylation is 1. The molecule has 5 nitrogen and oxygen atoms in total. The Hall–Kier alpha value is -2.70. The maximum Gasteiger partial charge on any atom is 0.254 e. The Balaban J connectivity index is 1.61. The van der Waals surface area contributed by atoms with Crippen LogP contribution in [0.2, 0.25) is 5.02 Å². The van der Waals surface area contributed by atoms with Crippen LogP contribution in [0, 0.1) is 12.7 Å². The van der Waals surface area contributed by atoms with Crippen LogP contribution in [0.25, 0.3) is 11.4 Å². The molecule has 0 unspecified atom stereocenters. The van der Waals surface area contributed by atoms with Gasteiger partial charge in [-0.15, -0.1) is 0 Å². The molecule has 144 valence electrons. The van der Waals surface area contributed by atoms with E-state index in [4.69, 9.17) is 11.6 Å². The second-order valence-electron chi connectivity index (χ2n) is 7.07. The molecule has 7 heteroatoms. The summed E-state index contributed by atoms with van der Waals surface area (Å²) in [5, 5.41) is 9.47. The van der Waals surface area contributed by atoms with Crippen LogP contribution in [0.5, 0.6) is 5.75 Å². The molecule has 2 N–H and O–H groups in total. The maximum atomic E-state index is 13.7. The number of phenolic OH excluding ortho intramolecular Hbond substituents is 1. The van der Waals surface area contributed by atoms with Gasteiger partial charge in [0.1, 0.15) is 5.82 Å². The molecule has 0 amide bonds. The molecule has 1 aliphatic heterocycles. The van der Waals surface area contributed by atoms with Crippen LogP contribution in [0.3, 0.4) is 0 Å². The summed E-state index contributed by atoms with van der Waals surface area (Å²) in [6.07, 6.45) is 0.570. The van der Waals surface area contributed by atoms with E-state index in [2.05, 4.69) is 14.9 Å². The molecule has 0 atom stereocenters. The molecular weight excluding hydrogens is 381 g/mol. The molecule has 0 bridgehead atoms. The van der Waals surface area contributed by atoms with Crippen molar-refractivity contribution in [3.63, 3.8) is 0 Å².